The van der Waals surface area contributed by atoms with Crippen molar-refractivity contribution in [2.75, 3.05) is 51.4 Å². The van der Waals surface area contributed by atoms with Gasteiger partial charge in [-0.25, -0.2) is 4.39 Å². The molecule has 1 aliphatic rings. The number of methoxy groups -OCH3 is 1. The van der Waals surface area contributed by atoms with Crippen LogP contribution in [0.1, 0.15) is 21.5 Å². The highest BCUT2D eigenvalue weighted by Crippen LogP contribution is 2.23. The predicted molar refractivity (Wildman–Crippen MR) is 140 cm³/mol. The van der Waals surface area contributed by atoms with Crippen LogP contribution < -0.4 is 15.0 Å². The number of rotatable bonds is 10. The molecule has 4 rings (SSSR count). The van der Waals surface area contributed by atoms with Crippen LogP contribution >= 0.6 is 0 Å². The normalized spacial score (nSPS) is 13.7. The molecule has 8 heteroatoms. The zero-order valence-corrected chi connectivity index (χ0v) is 21.0. The van der Waals surface area contributed by atoms with Gasteiger partial charge >= 0.3 is 0 Å². The SMILES string of the molecule is COc1cccc(C(=O)N(Cc2cccc(F)c2)c2ccc(CC(=O)NCCN3CCOCC3)cc2)c1. The lowest BCUT2D eigenvalue weighted by molar-refractivity contribution is -0.120. The Hall–Kier alpha value is -3.75. The van der Waals surface area contributed by atoms with Crippen molar-refractivity contribution in [1.82, 2.24) is 10.2 Å². The van der Waals surface area contributed by atoms with Gasteiger partial charge in [-0.15, -0.1) is 0 Å². The van der Waals surface area contributed by atoms with E-state index >= 15 is 0 Å². The summed E-state index contributed by atoms with van der Waals surface area (Å²) in [5, 5.41) is 2.97. The number of nitrogens with zero attached hydrogens (tertiary/aromatic N) is 2. The Labute approximate surface area is 216 Å². The van der Waals surface area contributed by atoms with E-state index in [1.165, 1.54) is 12.1 Å². The molecule has 1 fully saturated rings. The van der Waals surface area contributed by atoms with E-state index in [2.05, 4.69) is 10.2 Å². The molecule has 0 saturated carbocycles. The minimum Gasteiger partial charge on any atom is -0.497 e. The van der Waals surface area contributed by atoms with Crippen LogP contribution in [0.4, 0.5) is 10.1 Å². The summed E-state index contributed by atoms with van der Waals surface area (Å²) in [6.07, 6.45) is 0.247. The molecule has 1 aliphatic heterocycles. The second-order valence-corrected chi connectivity index (χ2v) is 8.90. The van der Waals surface area contributed by atoms with Gasteiger partial charge in [0, 0.05) is 37.4 Å². The van der Waals surface area contributed by atoms with Crippen LogP contribution in [-0.2, 0) is 22.5 Å². The molecule has 3 aromatic rings. The summed E-state index contributed by atoms with van der Waals surface area (Å²) in [4.78, 5) is 29.8. The molecule has 0 radical (unpaired) electrons. The number of morpholine rings is 1. The number of hydrogen-bond acceptors (Lipinski definition) is 5. The molecule has 3 aromatic carbocycles. The topological polar surface area (TPSA) is 71.1 Å². The smallest absolute Gasteiger partial charge is 0.258 e. The fraction of sp³-hybridized carbons (Fsp3) is 0.310. The van der Waals surface area contributed by atoms with Gasteiger partial charge in [-0.2, -0.15) is 0 Å². The van der Waals surface area contributed by atoms with E-state index in [1.807, 2.05) is 24.3 Å². The maximum absolute atomic E-state index is 13.8. The largest absolute Gasteiger partial charge is 0.497 e. The van der Waals surface area contributed by atoms with Crippen LogP contribution in [0, 0.1) is 5.82 Å². The quantitative estimate of drug-likeness (QED) is 0.455. The molecule has 0 aliphatic carbocycles. The molecule has 1 N–H and O–H groups in total. The average molecular weight is 506 g/mol. The molecule has 0 atom stereocenters. The van der Waals surface area contributed by atoms with E-state index < -0.39 is 0 Å². The molecule has 0 spiro atoms. The highest BCUT2D eigenvalue weighted by Gasteiger charge is 2.19. The highest BCUT2D eigenvalue weighted by atomic mass is 19.1. The van der Waals surface area contributed by atoms with Crippen molar-refractivity contribution in [3.05, 3.63) is 95.3 Å². The number of amides is 2. The van der Waals surface area contributed by atoms with Crippen LogP contribution in [0.3, 0.4) is 0 Å². The van der Waals surface area contributed by atoms with Gasteiger partial charge in [-0.05, 0) is 53.6 Å². The van der Waals surface area contributed by atoms with Crippen LogP contribution in [0.2, 0.25) is 0 Å². The molecular formula is C29H32FN3O4. The van der Waals surface area contributed by atoms with Crippen molar-refractivity contribution in [1.29, 1.82) is 0 Å². The predicted octanol–water partition coefficient (Wildman–Crippen LogP) is 3.67. The highest BCUT2D eigenvalue weighted by molar-refractivity contribution is 6.06. The van der Waals surface area contributed by atoms with Gasteiger partial charge in [-0.1, -0.05) is 30.3 Å². The lowest BCUT2D eigenvalue weighted by Crippen LogP contribution is -2.41. The third-order valence-electron chi connectivity index (χ3n) is 6.26. The maximum atomic E-state index is 13.8. The minimum atomic E-state index is -0.360. The van der Waals surface area contributed by atoms with Gasteiger partial charge in [0.2, 0.25) is 5.91 Å². The van der Waals surface area contributed by atoms with Gasteiger partial charge in [0.1, 0.15) is 11.6 Å². The van der Waals surface area contributed by atoms with E-state index in [0.717, 1.165) is 38.4 Å². The fourth-order valence-corrected chi connectivity index (χ4v) is 4.23. The average Bonchev–Trinajstić information content (AvgIpc) is 2.92. The number of anilines is 1. The number of carbonyl (C=O) groups is 2. The fourth-order valence-electron chi connectivity index (χ4n) is 4.23. The molecule has 1 heterocycles. The molecule has 0 unspecified atom stereocenters. The first-order valence-electron chi connectivity index (χ1n) is 12.4. The first kappa shape index (κ1) is 26.3. The Morgan fingerprint density at radius 2 is 1.76 bits per heavy atom. The van der Waals surface area contributed by atoms with Crippen molar-refractivity contribution in [2.24, 2.45) is 0 Å². The van der Waals surface area contributed by atoms with E-state index in [9.17, 15) is 14.0 Å². The molecule has 0 aromatic heterocycles. The number of hydrogen-bond donors (Lipinski definition) is 1. The Morgan fingerprint density at radius 1 is 1.00 bits per heavy atom. The van der Waals surface area contributed by atoms with Crippen LogP contribution in [0.5, 0.6) is 5.75 Å². The molecule has 7 nitrogen and oxygen atoms in total. The van der Waals surface area contributed by atoms with Crippen LogP contribution in [-0.4, -0.2) is 63.2 Å². The first-order chi connectivity index (χ1) is 18.0. The summed E-state index contributed by atoms with van der Waals surface area (Å²) in [6, 6.07) is 20.4. The standard InChI is InChI=1S/C29H32FN3O4/c1-36-27-7-3-5-24(20-27)29(35)33(21-23-4-2-6-25(30)18-23)26-10-8-22(9-11-26)19-28(34)31-12-13-32-14-16-37-17-15-32/h2-11,18,20H,12-17,19,21H2,1H3,(H,31,34). The van der Waals surface area contributed by atoms with E-state index in [1.54, 1.807) is 48.4 Å². The monoisotopic (exact) mass is 505 g/mol. The Kier molecular flexibility index (Phi) is 9.24. The second-order valence-electron chi connectivity index (χ2n) is 8.90. The van der Waals surface area contributed by atoms with Gasteiger partial charge in [0.05, 0.1) is 33.3 Å². The summed E-state index contributed by atoms with van der Waals surface area (Å²) in [7, 11) is 1.55. The molecule has 0 bridgehead atoms. The van der Waals surface area contributed by atoms with Gasteiger partial charge in [0.25, 0.3) is 5.91 Å². The second kappa shape index (κ2) is 13.0. The van der Waals surface area contributed by atoms with E-state index in [4.69, 9.17) is 9.47 Å². The number of nitrogens with one attached hydrogen (secondary N) is 1. The van der Waals surface area contributed by atoms with Crippen molar-refractivity contribution >= 4 is 17.5 Å². The summed E-state index contributed by atoms with van der Waals surface area (Å²) in [6.45, 7) is 4.82. The van der Waals surface area contributed by atoms with Crippen LogP contribution in [0.15, 0.2) is 72.8 Å². The van der Waals surface area contributed by atoms with Crippen LogP contribution in [0.25, 0.3) is 0 Å². The Bertz CT molecular complexity index is 1200. The van der Waals surface area contributed by atoms with Gasteiger partial charge in [0.15, 0.2) is 0 Å². The summed E-state index contributed by atoms with van der Waals surface area (Å²) >= 11 is 0. The van der Waals surface area contributed by atoms with Crippen molar-refractivity contribution in [2.45, 2.75) is 13.0 Å². The van der Waals surface area contributed by atoms with E-state index in [-0.39, 0.29) is 30.6 Å². The maximum Gasteiger partial charge on any atom is 0.258 e. The lowest BCUT2D eigenvalue weighted by atomic mass is 10.1. The molecule has 1 saturated heterocycles. The zero-order valence-electron chi connectivity index (χ0n) is 21.0. The number of benzene rings is 3. The van der Waals surface area contributed by atoms with Crippen molar-refractivity contribution in [3.63, 3.8) is 0 Å². The summed E-state index contributed by atoms with van der Waals surface area (Å²) in [5.41, 5.74) is 2.61. The molecular weight excluding hydrogens is 473 g/mol. The van der Waals surface area contributed by atoms with Crippen molar-refractivity contribution in [3.8, 4) is 5.75 Å². The third kappa shape index (κ3) is 7.62. The number of halogens is 1. The molecule has 194 valence electrons. The minimum absolute atomic E-state index is 0.0508. The zero-order chi connectivity index (χ0) is 26.0. The lowest BCUT2D eigenvalue weighted by Gasteiger charge is -2.26. The van der Waals surface area contributed by atoms with Gasteiger partial charge in [-0.3, -0.25) is 14.5 Å². The van der Waals surface area contributed by atoms with Gasteiger partial charge < -0.3 is 19.7 Å². The molecule has 37 heavy (non-hydrogen) atoms. The summed E-state index contributed by atoms with van der Waals surface area (Å²) < 4.78 is 24.5. The third-order valence-corrected chi connectivity index (χ3v) is 6.26. The van der Waals surface area contributed by atoms with E-state index in [0.29, 0.717) is 29.1 Å². The Balaban J connectivity index is 1.44. The first-order valence-corrected chi connectivity index (χ1v) is 12.4. The Morgan fingerprint density at radius 3 is 2.49 bits per heavy atom. The molecule has 2 amide bonds. The van der Waals surface area contributed by atoms with Crippen molar-refractivity contribution < 1.29 is 23.5 Å². The summed E-state index contributed by atoms with van der Waals surface area (Å²) in [5.74, 6) is -0.0744. The number of ether oxygens (including phenoxy) is 2. The number of carbonyl (C=O) groups excluding carboxylic acids is 2.